The predicted octanol–water partition coefficient (Wildman–Crippen LogP) is 2.19. The topological polar surface area (TPSA) is 73.8 Å². The highest BCUT2D eigenvalue weighted by Crippen LogP contribution is 2.23. The monoisotopic (exact) mass is 442 g/mol. The minimum atomic E-state index is -3.16. The van der Waals surface area contributed by atoms with Gasteiger partial charge in [0.2, 0.25) is 15.9 Å². The predicted molar refractivity (Wildman–Crippen MR) is 116 cm³/mol. The fraction of sp³-hybridized carbons (Fsp3) is 0.800. The maximum Gasteiger partial charge on any atom is 0.225 e. The Morgan fingerprint density at radius 2 is 1.83 bits per heavy atom. The second kappa shape index (κ2) is 10.3. The summed E-state index contributed by atoms with van der Waals surface area (Å²) in [4.78, 5) is 21.9. The number of sulfonamides is 1. The summed E-state index contributed by atoms with van der Waals surface area (Å²) < 4.78 is 26.3. The van der Waals surface area contributed by atoms with Crippen LogP contribution in [-0.4, -0.2) is 78.4 Å². The number of nitrogens with zero attached hydrogens (tertiary/aromatic N) is 4. The Kier molecular flexibility index (Phi) is 8.07. The minimum Gasteiger partial charge on any atom is -0.340 e. The molecule has 2 aliphatic rings. The average molecular weight is 443 g/mol. The summed E-state index contributed by atoms with van der Waals surface area (Å²) in [5.74, 6) is 0.394. The second-order valence-electron chi connectivity index (χ2n) is 8.03. The largest absolute Gasteiger partial charge is 0.340 e. The Labute approximate surface area is 179 Å². The van der Waals surface area contributed by atoms with Gasteiger partial charge in [-0.05, 0) is 25.7 Å². The average Bonchev–Trinajstić information content (AvgIpc) is 3.20. The number of carbonyl (C=O) groups excluding carboxylic acids is 1. The lowest BCUT2D eigenvalue weighted by Gasteiger charge is -2.38. The van der Waals surface area contributed by atoms with Gasteiger partial charge in [0.15, 0.2) is 0 Å². The molecule has 1 aromatic rings. The highest BCUT2D eigenvalue weighted by molar-refractivity contribution is 7.89. The van der Waals surface area contributed by atoms with Crippen LogP contribution in [0.25, 0.3) is 0 Å². The highest BCUT2D eigenvalue weighted by Gasteiger charge is 2.33. The van der Waals surface area contributed by atoms with E-state index in [-0.39, 0.29) is 17.6 Å². The lowest BCUT2D eigenvalue weighted by molar-refractivity contribution is -0.138. The zero-order valence-corrected chi connectivity index (χ0v) is 19.3. The molecule has 0 aromatic carbocycles. The van der Waals surface area contributed by atoms with E-state index >= 15 is 0 Å². The van der Waals surface area contributed by atoms with Gasteiger partial charge < -0.3 is 4.90 Å². The first-order valence-electron chi connectivity index (χ1n) is 10.8. The van der Waals surface area contributed by atoms with Crippen molar-refractivity contribution in [1.82, 2.24) is 19.1 Å². The van der Waals surface area contributed by atoms with Crippen molar-refractivity contribution in [3.63, 3.8) is 0 Å². The van der Waals surface area contributed by atoms with Crippen molar-refractivity contribution in [2.75, 3.05) is 45.0 Å². The van der Waals surface area contributed by atoms with Crippen LogP contribution in [0.3, 0.4) is 0 Å². The van der Waals surface area contributed by atoms with Gasteiger partial charge >= 0.3 is 0 Å². The van der Waals surface area contributed by atoms with E-state index in [0.717, 1.165) is 51.3 Å². The Morgan fingerprint density at radius 3 is 2.41 bits per heavy atom. The molecule has 0 radical (unpaired) electrons. The smallest absolute Gasteiger partial charge is 0.225 e. The number of thiazole rings is 1. The summed E-state index contributed by atoms with van der Waals surface area (Å²) in [6.07, 6.45) is 3.84. The molecular formula is C20H34N4O3S2. The van der Waals surface area contributed by atoms with Crippen LogP contribution in [0.4, 0.5) is 0 Å². The van der Waals surface area contributed by atoms with Crippen LogP contribution >= 0.6 is 11.3 Å². The molecule has 164 valence electrons. The third-order valence-electron chi connectivity index (χ3n) is 5.92. The number of hydrogen-bond acceptors (Lipinski definition) is 6. The molecule has 0 atom stereocenters. The number of amides is 1. The zero-order valence-electron chi connectivity index (χ0n) is 17.7. The van der Waals surface area contributed by atoms with Crippen molar-refractivity contribution in [1.29, 1.82) is 0 Å². The van der Waals surface area contributed by atoms with Gasteiger partial charge in [-0.3, -0.25) is 9.69 Å². The van der Waals surface area contributed by atoms with E-state index in [2.05, 4.69) is 22.2 Å². The van der Waals surface area contributed by atoms with Crippen LogP contribution in [0.2, 0.25) is 0 Å². The first kappa shape index (κ1) is 22.7. The van der Waals surface area contributed by atoms with Crippen LogP contribution in [0, 0.1) is 5.92 Å². The van der Waals surface area contributed by atoms with Crippen molar-refractivity contribution in [2.24, 2.45) is 5.92 Å². The molecule has 0 spiro atoms. The molecular weight excluding hydrogens is 408 g/mol. The fourth-order valence-electron chi connectivity index (χ4n) is 4.03. The molecule has 3 rings (SSSR count). The van der Waals surface area contributed by atoms with E-state index in [1.165, 1.54) is 5.01 Å². The highest BCUT2D eigenvalue weighted by atomic mass is 32.2. The number of hydrogen-bond donors (Lipinski definition) is 0. The Balaban J connectivity index is 1.43. The fourth-order valence-corrected chi connectivity index (χ4v) is 6.45. The quantitative estimate of drug-likeness (QED) is 0.617. The summed E-state index contributed by atoms with van der Waals surface area (Å²) in [6, 6.07) is 0. The van der Waals surface area contributed by atoms with Gasteiger partial charge in [-0.2, -0.15) is 0 Å². The van der Waals surface area contributed by atoms with Gasteiger partial charge in [0.05, 0.1) is 16.5 Å². The molecule has 0 N–H and O–H groups in total. The number of rotatable bonds is 8. The molecule has 0 unspecified atom stereocenters. The van der Waals surface area contributed by atoms with Gasteiger partial charge in [-0.15, -0.1) is 11.3 Å². The van der Waals surface area contributed by atoms with Crippen LogP contribution in [0.5, 0.6) is 0 Å². The van der Waals surface area contributed by atoms with Crippen molar-refractivity contribution in [3.8, 4) is 0 Å². The zero-order chi connectivity index (χ0) is 20.9. The van der Waals surface area contributed by atoms with E-state index in [1.807, 2.05) is 11.8 Å². The van der Waals surface area contributed by atoms with Crippen molar-refractivity contribution in [3.05, 3.63) is 16.1 Å². The number of piperidine rings is 1. The molecule has 9 heteroatoms. The van der Waals surface area contributed by atoms with Crippen molar-refractivity contribution in [2.45, 2.75) is 52.5 Å². The SMILES string of the molecule is CCCCS(=O)(=O)N1CCC(C(=O)N2CCN(Cc3csc(CC)n3)CC2)CC1. The van der Waals surface area contributed by atoms with Gasteiger partial charge in [0, 0.05) is 57.1 Å². The molecule has 7 nitrogen and oxygen atoms in total. The standard InChI is InChI=1S/C20H34N4O3S2/c1-3-5-14-29(26,27)24-8-6-17(7-9-24)20(25)23-12-10-22(11-13-23)15-18-16-28-19(4-2)21-18/h16-17H,3-15H2,1-2H3. The van der Waals surface area contributed by atoms with Crippen molar-refractivity contribution >= 4 is 27.3 Å². The summed E-state index contributed by atoms with van der Waals surface area (Å²) in [5.41, 5.74) is 1.13. The first-order valence-corrected chi connectivity index (χ1v) is 13.3. The number of unbranched alkanes of at least 4 members (excludes halogenated alkanes) is 1. The van der Waals surface area contributed by atoms with Crippen LogP contribution in [0.1, 0.15) is 50.2 Å². The molecule has 0 saturated carbocycles. The molecule has 29 heavy (non-hydrogen) atoms. The summed E-state index contributed by atoms with van der Waals surface area (Å²) in [6.45, 7) is 9.17. The maximum absolute atomic E-state index is 12.9. The van der Waals surface area contributed by atoms with Crippen LogP contribution in [-0.2, 0) is 27.8 Å². The lowest BCUT2D eigenvalue weighted by Crippen LogP contribution is -2.51. The van der Waals surface area contributed by atoms with Gasteiger partial charge in [0.1, 0.15) is 0 Å². The van der Waals surface area contributed by atoms with Crippen LogP contribution in [0.15, 0.2) is 5.38 Å². The summed E-state index contributed by atoms with van der Waals surface area (Å²) in [5, 5.41) is 3.32. The van der Waals surface area contributed by atoms with Gasteiger partial charge in [-0.25, -0.2) is 17.7 Å². The molecule has 1 amide bonds. The second-order valence-corrected chi connectivity index (χ2v) is 11.1. The van der Waals surface area contributed by atoms with E-state index < -0.39 is 10.0 Å². The minimum absolute atomic E-state index is 0.0372. The van der Waals surface area contributed by atoms with Crippen LogP contribution < -0.4 is 0 Å². The summed E-state index contributed by atoms with van der Waals surface area (Å²) >= 11 is 1.72. The molecule has 1 aromatic heterocycles. The molecule has 2 saturated heterocycles. The van der Waals surface area contributed by atoms with Crippen molar-refractivity contribution < 1.29 is 13.2 Å². The lowest BCUT2D eigenvalue weighted by atomic mass is 9.96. The molecule has 0 aliphatic carbocycles. The number of carbonyl (C=O) groups is 1. The van der Waals surface area contributed by atoms with E-state index in [4.69, 9.17) is 0 Å². The number of aryl methyl sites for hydroxylation is 1. The van der Waals surface area contributed by atoms with E-state index in [0.29, 0.717) is 32.4 Å². The number of aromatic nitrogens is 1. The molecule has 2 aliphatic heterocycles. The Bertz CT molecular complexity index is 764. The Morgan fingerprint density at radius 1 is 1.14 bits per heavy atom. The molecule has 2 fully saturated rings. The normalized spacial score (nSPS) is 20.3. The number of piperazine rings is 1. The third kappa shape index (κ3) is 5.99. The van der Waals surface area contributed by atoms with Gasteiger partial charge in [-0.1, -0.05) is 20.3 Å². The maximum atomic E-state index is 12.9. The molecule has 3 heterocycles. The van der Waals surface area contributed by atoms with E-state index in [1.54, 1.807) is 15.6 Å². The molecule has 0 bridgehead atoms. The van der Waals surface area contributed by atoms with Gasteiger partial charge in [0.25, 0.3) is 0 Å². The van der Waals surface area contributed by atoms with E-state index in [9.17, 15) is 13.2 Å². The summed E-state index contributed by atoms with van der Waals surface area (Å²) in [7, 11) is -3.16. The first-order chi connectivity index (χ1) is 13.9. The third-order valence-corrected chi connectivity index (χ3v) is 8.92. The Hall–Kier alpha value is -1.03.